The van der Waals surface area contributed by atoms with Crippen LogP contribution in [0.5, 0.6) is 23.0 Å². The van der Waals surface area contributed by atoms with Crippen LogP contribution < -0.4 is 24.3 Å². The molecule has 1 amide bonds. The molecule has 0 saturated carbocycles. The van der Waals surface area contributed by atoms with Crippen LogP contribution in [0.15, 0.2) is 30.3 Å². The zero-order valence-corrected chi connectivity index (χ0v) is 15.4. The van der Waals surface area contributed by atoms with E-state index in [1.54, 1.807) is 32.4 Å². The van der Waals surface area contributed by atoms with Crippen LogP contribution in [0, 0.1) is 0 Å². The quantitative estimate of drug-likeness (QED) is 0.838. The Morgan fingerprint density at radius 2 is 1.73 bits per heavy atom. The predicted octanol–water partition coefficient (Wildman–Crippen LogP) is 2.99. The summed E-state index contributed by atoms with van der Waals surface area (Å²) in [5.74, 6) is 2.33. The first-order chi connectivity index (χ1) is 12.6. The summed E-state index contributed by atoms with van der Waals surface area (Å²) in [5.41, 5.74) is 1.65. The molecule has 1 aliphatic heterocycles. The molecule has 0 spiro atoms. The highest BCUT2D eigenvalue weighted by Crippen LogP contribution is 2.38. The van der Waals surface area contributed by atoms with E-state index in [4.69, 9.17) is 30.5 Å². The summed E-state index contributed by atoms with van der Waals surface area (Å²) < 4.78 is 21.5. The van der Waals surface area contributed by atoms with E-state index in [-0.39, 0.29) is 12.3 Å². The highest BCUT2D eigenvalue weighted by atomic mass is 35.5. The molecule has 0 atom stereocenters. The number of amides is 1. The Labute approximate surface area is 157 Å². The lowest BCUT2D eigenvalue weighted by atomic mass is 10.1. The first-order valence-electron chi connectivity index (χ1n) is 8.15. The molecule has 0 fully saturated rings. The third-order valence-corrected chi connectivity index (χ3v) is 4.20. The standard InChI is InChI=1S/C19H20ClNO5/c1-23-14-5-13(6-15(10-14)24-2)11-21-18(22)9-12-7-16(20)19-17(8-12)25-3-4-26-19/h5-8,10H,3-4,9,11H2,1-2H3,(H,21,22). The molecule has 26 heavy (non-hydrogen) atoms. The van der Waals surface area contributed by atoms with Gasteiger partial charge in [0.05, 0.1) is 25.7 Å². The molecule has 1 heterocycles. The number of carbonyl (C=O) groups excluding carboxylic acids is 1. The van der Waals surface area contributed by atoms with Crippen molar-refractivity contribution in [1.29, 1.82) is 0 Å². The lowest BCUT2D eigenvalue weighted by molar-refractivity contribution is -0.120. The van der Waals surface area contributed by atoms with Crippen LogP contribution in [0.25, 0.3) is 0 Å². The third-order valence-electron chi connectivity index (χ3n) is 3.92. The fourth-order valence-electron chi connectivity index (χ4n) is 2.68. The average molecular weight is 378 g/mol. The van der Waals surface area contributed by atoms with E-state index >= 15 is 0 Å². The van der Waals surface area contributed by atoms with Crippen LogP contribution in [-0.4, -0.2) is 33.3 Å². The fourth-order valence-corrected chi connectivity index (χ4v) is 2.97. The zero-order valence-electron chi connectivity index (χ0n) is 14.6. The molecular formula is C19H20ClNO5. The molecule has 1 N–H and O–H groups in total. The van der Waals surface area contributed by atoms with Crippen molar-refractivity contribution < 1.29 is 23.7 Å². The molecule has 2 aromatic rings. The van der Waals surface area contributed by atoms with E-state index in [1.165, 1.54) is 0 Å². The number of hydrogen-bond acceptors (Lipinski definition) is 5. The van der Waals surface area contributed by atoms with Gasteiger partial charge in [-0.25, -0.2) is 0 Å². The Hall–Kier alpha value is -2.60. The molecule has 0 aromatic heterocycles. The number of nitrogens with one attached hydrogen (secondary N) is 1. The van der Waals surface area contributed by atoms with Crippen molar-refractivity contribution in [2.75, 3.05) is 27.4 Å². The average Bonchev–Trinajstić information content (AvgIpc) is 2.66. The second kappa shape index (κ2) is 8.19. The first-order valence-corrected chi connectivity index (χ1v) is 8.53. The van der Waals surface area contributed by atoms with Gasteiger partial charge >= 0.3 is 0 Å². The molecular weight excluding hydrogens is 358 g/mol. The van der Waals surface area contributed by atoms with Gasteiger partial charge in [0, 0.05) is 12.6 Å². The van der Waals surface area contributed by atoms with Crippen molar-refractivity contribution in [2.45, 2.75) is 13.0 Å². The molecule has 2 aromatic carbocycles. The van der Waals surface area contributed by atoms with Gasteiger partial charge in [-0.2, -0.15) is 0 Å². The fraction of sp³-hybridized carbons (Fsp3) is 0.316. The summed E-state index contributed by atoms with van der Waals surface area (Å²) in [4.78, 5) is 12.3. The van der Waals surface area contributed by atoms with Gasteiger partial charge in [0.25, 0.3) is 0 Å². The zero-order chi connectivity index (χ0) is 18.5. The van der Waals surface area contributed by atoms with Crippen molar-refractivity contribution in [3.63, 3.8) is 0 Å². The number of hydrogen-bond donors (Lipinski definition) is 1. The van der Waals surface area contributed by atoms with Crippen molar-refractivity contribution in [3.8, 4) is 23.0 Å². The van der Waals surface area contributed by atoms with E-state index < -0.39 is 0 Å². The summed E-state index contributed by atoms with van der Waals surface area (Å²) in [7, 11) is 3.17. The maximum atomic E-state index is 12.3. The number of benzene rings is 2. The number of halogens is 1. The summed E-state index contributed by atoms with van der Waals surface area (Å²) in [6, 6.07) is 8.99. The third kappa shape index (κ3) is 4.32. The minimum absolute atomic E-state index is 0.125. The van der Waals surface area contributed by atoms with E-state index in [0.717, 1.165) is 11.1 Å². The number of ether oxygens (including phenoxy) is 4. The lowest BCUT2D eigenvalue weighted by Crippen LogP contribution is -2.24. The Bertz CT molecular complexity index is 787. The number of carbonyl (C=O) groups is 1. The van der Waals surface area contributed by atoms with E-state index in [2.05, 4.69) is 5.32 Å². The Kier molecular flexibility index (Phi) is 5.73. The molecule has 0 saturated heterocycles. The van der Waals surface area contributed by atoms with Crippen molar-refractivity contribution >= 4 is 17.5 Å². The summed E-state index contributed by atoms with van der Waals surface area (Å²) in [6.45, 7) is 1.30. The second-order valence-electron chi connectivity index (χ2n) is 5.78. The smallest absolute Gasteiger partial charge is 0.224 e. The van der Waals surface area contributed by atoms with Crippen LogP contribution in [0.2, 0.25) is 5.02 Å². The first kappa shape index (κ1) is 18.2. The molecule has 7 heteroatoms. The highest BCUT2D eigenvalue weighted by Gasteiger charge is 2.17. The molecule has 3 rings (SSSR count). The topological polar surface area (TPSA) is 66.0 Å². The van der Waals surface area contributed by atoms with Gasteiger partial charge in [-0.15, -0.1) is 0 Å². The molecule has 138 valence electrons. The van der Waals surface area contributed by atoms with Crippen molar-refractivity contribution in [2.24, 2.45) is 0 Å². The van der Waals surface area contributed by atoms with Gasteiger partial charge in [-0.05, 0) is 35.4 Å². The summed E-state index contributed by atoms with van der Waals surface area (Å²) in [6.07, 6.45) is 0.192. The van der Waals surface area contributed by atoms with Crippen molar-refractivity contribution in [3.05, 3.63) is 46.5 Å². The monoisotopic (exact) mass is 377 g/mol. The predicted molar refractivity (Wildman–Crippen MR) is 97.5 cm³/mol. The number of rotatable bonds is 6. The molecule has 0 unspecified atom stereocenters. The number of fused-ring (bicyclic) bond motifs is 1. The van der Waals surface area contributed by atoms with Gasteiger partial charge in [0.1, 0.15) is 24.7 Å². The normalized spacial score (nSPS) is 12.4. The van der Waals surface area contributed by atoms with Crippen LogP contribution >= 0.6 is 11.6 Å². The number of methoxy groups -OCH3 is 2. The van der Waals surface area contributed by atoms with Gasteiger partial charge in [-0.1, -0.05) is 11.6 Å². The van der Waals surface area contributed by atoms with Gasteiger partial charge < -0.3 is 24.3 Å². The van der Waals surface area contributed by atoms with Crippen LogP contribution in [-0.2, 0) is 17.8 Å². The molecule has 0 aliphatic carbocycles. The van der Waals surface area contributed by atoms with Crippen LogP contribution in [0.3, 0.4) is 0 Å². The van der Waals surface area contributed by atoms with E-state index in [9.17, 15) is 4.79 Å². The Morgan fingerprint density at radius 1 is 1.04 bits per heavy atom. The highest BCUT2D eigenvalue weighted by molar-refractivity contribution is 6.32. The molecule has 0 bridgehead atoms. The maximum absolute atomic E-state index is 12.3. The summed E-state index contributed by atoms with van der Waals surface area (Å²) >= 11 is 6.21. The Balaban J connectivity index is 1.64. The van der Waals surface area contributed by atoms with Gasteiger partial charge in [0.2, 0.25) is 5.91 Å². The maximum Gasteiger partial charge on any atom is 0.224 e. The minimum Gasteiger partial charge on any atom is -0.497 e. The largest absolute Gasteiger partial charge is 0.497 e. The molecule has 0 radical (unpaired) electrons. The van der Waals surface area contributed by atoms with Crippen LogP contribution in [0.1, 0.15) is 11.1 Å². The van der Waals surface area contributed by atoms with Gasteiger partial charge in [-0.3, -0.25) is 4.79 Å². The molecule has 1 aliphatic rings. The summed E-state index contributed by atoms with van der Waals surface area (Å²) in [5, 5.41) is 3.33. The Morgan fingerprint density at radius 3 is 2.42 bits per heavy atom. The SMILES string of the molecule is COc1cc(CNC(=O)Cc2cc(Cl)c3c(c2)OCCO3)cc(OC)c1. The van der Waals surface area contributed by atoms with Crippen molar-refractivity contribution in [1.82, 2.24) is 5.32 Å². The van der Waals surface area contributed by atoms with Crippen LogP contribution in [0.4, 0.5) is 0 Å². The van der Waals surface area contributed by atoms with Gasteiger partial charge in [0.15, 0.2) is 11.5 Å². The van der Waals surface area contributed by atoms with E-state index in [1.807, 2.05) is 12.1 Å². The minimum atomic E-state index is -0.125. The lowest BCUT2D eigenvalue weighted by Gasteiger charge is -2.20. The second-order valence-corrected chi connectivity index (χ2v) is 6.18. The molecule has 6 nitrogen and oxygen atoms in total. The van der Waals surface area contributed by atoms with E-state index in [0.29, 0.717) is 47.8 Å².